The van der Waals surface area contributed by atoms with E-state index in [4.69, 9.17) is 21.1 Å². The normalized spacial score (nSPS) is 27.6. The van der Waals surface area contributed by atoms with Crippen molar-refractivity contribution in [2.45, 2.75) is 18.3 Å². The summed E-state index contributed by atoms with van der Waals surface area (Å²) in [6.45, 7) is 0. The molecule has 4 aliphatic rings. The van der Waals surface area contributed by atoms with Crippen molar-refractivity contribution in [3.8, 4) is 17.2 Å². The number of phenols is 1. The molecule has 0 unspecified atom stereocenters. The van der Waals surface area contributed by atoms with Gasteiger partial charge < -0.3 is 14.6 Å². The van der Waals surface area contributed by atoms with E-state index in [2.05, 4.69) is 5.43 Å². The molecule has 2 heterocycles. The molecule has 7 rings (SSSR count). The van der Waals surface area contributed by atoms with Gasteiger partial charge in [0, 0.05) is 10.9 Å². The third kappa shape index (κ3) is 4.88. The van der Waals surface area contributed by atoms with Gasteiger partial charge in [-0.1, -0.05) is 47.5 Å². The van der Waals surface area contributed by atoms with Crippen molar-refractivity contribution >= 4 is 47.0 Å². The van der Waals surface area contributed by atoms with Crippen LogP contribution in [-0.4, -0.2) is 58.2 Å². The number of hydroxylamine groups is 2. The number of imide groups is 2. The zero-order chi connectivity index (χ0) is 34.8. The number of phenolic OH excluding ortho intramolecular Hbond substituents is 1. The number of carbonyl (C=O) groups excluding carboxylic acids is 4. The van der Waals surface area contributed by atoms with Crippen LogP contribution in [0, 0.1) is 35.4 Å². The van der Waals surface area contributed by atoms with E-state index in [9.17, 15) is 33.9 Å². The van der Waals surface area contributed by atoms with Gasteiger partial charge in [-0.15, -0.1) is 0 Å². The first kappa shape index (κ1) is 32.4. The van der Waals surface area contributed by atoms with E-state index in [-0.39, 0.29) is 35.2 Å². The summed E-state index contributed by atoms with van der Waals surface area (Å²) in [5.41, 5.74) is 3.32. The number of amides is 4. The van der Waals surface area contributed by atoms with Crippen LogP contribution in [0.2, 0.25) is 5.02 Å². The summed E-state index contributed by atoms with van der Waals surface area (Å²) in [6.07, 6.45) is 5.50. The molecule has 49 heavy (non-hydrogen) atoms. The molecule has 252 valence electrons. The molecular formula is C36H31ClFN3O8. The first-order chi connectivity index (χ1) is 23.5. The number of nitrogens with zero attached hydrogens (tertiary/aromatic N) is 2. The van der Waals surface area contributed by atoms with Crippen molar-refractivity contribution in [1.82, 2.24) is 10.1 Å². The largest absolute Gasteiger partial charge is 0.502 e. The Hall–Kier alpha value is -5.20. The number of aromatic hydroxyl groups is 1. The fraction of sp³-hybridized carbons (Fsp3) is 0.278. The van der Waals surface area contributed by atoms with Crippen LogP contribution in [0.15, 0.2) is 78.4 Å². The molecule has 3 fully saturated rings. The minimum absolute atomic E-state index is 0.0276. The van der Waals surface area contributed by atoms with Gasteiger partial charge in [-0.3, -0.25) is 29.8 Å². The van der Waals surface area contributed by atoms with Gasteiger partial charge in [0.1, 0.15) is 5.82 Å². The molecule has 4 amide bonds. The number of rotatable bonds is 7. The van der Waals surface area contributed by atoms with Crippen molar-refractivity contribution < 1.29 is 43.4 Å². The van der Waals surface area contributed by atoms with Gasteiger partial charge in [-0.2, -0.15) is 10.1 Å². The standard InChI is InChI=1S/C36H31ClFN3O8/c1-48-28-15-18(16-29(49-2)31(28)42)3-14-26-23-12-13-24-30(34(45)41(47)32(24)43)25(23)17-27-33(44)40(39-22-10-8-21(38)9-11-22)35(46)36(26,27)19-4-6-20(37)7-5-19/h3-12,14-16,24-27,30,39,42,47H,13,17H2,1-2H3/t24-,25+,26-,27-,30-,36-/m0/s1. The van der Waals surface area contributed by atoms with Crippen LogP contribution in [0.4, 0.5) is 10.1 Å². The average Bonchev–Trinajstić information content (AvgIpc) is 3.45. The van der Waals surface area contributed by atoms with E-state index in [0.29, 0.717) is 27.4 Å². The van der Waals surface area contributed by atoms with Gasteiger partial charge in [0.15, 0.2) is 11.5 Å². The Morgan fingerprint density at radius 1 is 0.939 bits per heavy atom. The molecule has 0 bridgehead atoms. The van der Waals surface area contributed by atoms with Gasteiger partial charge in [-0.05, 0) is 78.4 Å². The third-order valence-electron chi connectivity index (χ3n) is 10.3. The number of carbonyl (C=O) groups is 4. The monoisotopic (exact) mass is 687 g/mol. The van der Waals surface area contributed by atoms with Crippen LogP contribution >= 0.6 is 11.6 Å². The van der Waals surface area contributed by atoms with E-state index in [1.807, 2.05) is 6.08 Å². The predicted octanol–water partition coefficient (Wildman–Crippen LogP) is 5.12. The molecule has 0 radical (unpaired) electrons. The molecule has 0 aromatic heterocycles. The van der Waals surface area contributed by atoms with E-state index in [1.165, 1.54) is 38.5 Å². The fourth-order valence-electron chi connectivity index (χ4n) is 8.10. The Bertz CT molecular complexity index is 1920. The number of allylic oxidation sites excluding steroid dienone is 3. The molecule has 13 heteroatoms. The number of hydrazine groups is 1. The van der Waals surface area contributed by atoms with Crippen LogP contribution in [0.1, 0.15) is 24.0 Å². The van der Waals surface area contributed by atoms with Gasteiger partial charge >= 0.3 is 0 Å². The zero-order valence-electron chi connectivity index (χ0n) is 26.3. The lowest BCUT2D eigenvalue weighted by Gasteiger charge is -2.49. The highest BCUT2D eigenvalue weighted by Gasteiger charge is 2.69. The van der Waals surface area contributed by atoms with Gasteiger partial charge in [-0.25, -0.2) is 4.39 Å². The number of ether oxygens (including phenoxy) is 2. The van der Waals surface area contributed by atoms with Crippen LogP contribution in [-0.2, 0) is 24.6 Å². The van der Waals surface area contributed by atoms with Gasteiger partial charge in [0.25, 0.3) is 23.6 Å². The van der Waals surface area contributed by atoms with E-state index in [1.54, 1.807) is 48.6 Å². The molecule has 3 aromatic rings. The molecule has 1 saturated carbocycles. The summed E-state index contributed by atoms with van der Waals surface area (Å²) in [5, 5.41) is 22.4. The van der Waals surface area contributed by atoms with Crippen LogP contribution in [0.3, 0.4) is 0 Å². The van der Waals surface area contributed by atoms with Gasteiger partial charge in [0.05, 0.1) is 43.1 Å². The second kappa shape index (κ2) is 12.0. The SMILES string of the molecule is COc1cc(C=C[C@H]2C3=CC[C@@H]4C(=O)N(O)C(=O)[C@@H]4[C@@H]3C[C@H]3C(=O)N(Nc4ccc(F)cc4)C(=O)[C@@]23c2ccc(Cl)cc2)cc(OC)c1O. The lowest BCUT2D eigenvalue weighted by atomic mass is 9.50. The Labute approximate surface area is 285 Å². The summed E-state index contributed by atoms with van der Waals surface area (Å²) in [6, 6.07) is 15.0. The van der Waals surface area contributed by atoms with Gasteiger partial charge in [0.2, 0.25) is 5.75 Å². The molecule has 2 aliphatic carbocycles. The van der Waals surface area contributed by atoms with E-state index in [0.717, 1.165) is 5.01 Å². The Morgan fingerprint density at radius 2 is 1.59 bits per heavy atom. The maximum atomic E-state index is 15.0. The quantitative estimate of drug-likeness (QED) is 0.175. The minimum Gasteiger partial charge on any atom is -0.502 e. The summed E-state index contributed by atoms with van der Waals surface area (Å²) in [4.78, 5) is 55.7. The number of hydrogen-bond acceptors (Lipinski definition) is 9. The summed E-state index contributed by atoms with van der Waals surface area (Å²) in [5.74, 6) is -7.33. The number of benzene rings is 3. The molecule has 2 saturated heterocycles. The highest BCUT2D eigenvalue weighted by atomic mass is 35.5. The smallest absolute Gasteiger partial charge is 0.260 e. The first-order valence-corrected chi connectivity index (χ1v) is 16.0. The topological polar surface area (TPSA) is 146 Å². The third-order valence-corrected chi connectivity index (χ3v) is 10.5. The molecule has 2 aliphatic heterocycles. The number of nitrogens with one attached hydrogen (secondary N) is 1. The number of halogens is 2. The number of anilines is 1. The molecule has 3 N–H and O–H groups in total. The lowest BCUT2D eigenvalue weighted by molar-refractivity contribution is -0.173. The maximum Gasteiger partial charge on any atom is 0.260 e. The lowest BCUT2D eigenvalue weighted by Crippen LogP contribution is -2.54. The molecular weight excluding hydrogens is 657 g/mol. The second-order valence-electron chi connectivity index (χ2n) is 12.5. The second-order valence-corrected chi connectivity index (χ2v) is 13.0. The van der Waals surface area contributed by atoms with Crippen LogP contribution in [0.25, 0.3) is 6.08 Å². The van der Waals surface area contributed by atoms with Crippen molar-refractivity contribution in [2.24, 2.45) is 29.6 Å². The Morgan fingerprint density at radius 3 is 2.22 bits per heavy atom. The van der Waals surface area contributed by atoms with Crippen molar-refractivity contribution in [1.29, 1.82) is 0 Å². The molecule has 3 aromatic carbocycles. The minimum atomic E-state index is -1.56. The predicted molar refractivity (Wildman–Crippen MR) is 174 cm³/mol. The van der Waals surface area contributed by atoms with Crippen molar-refractivity contribution in [3.63, 3.8) is 0 Å². The molecule has 11 nitrogen and oxygen atoms in total. The summed E-state index contributed by atoms with van der Waals surface area (Å²) < 4.78 is 24.4. The molecule has 6 atom stereocenters. The number of fused-ring (bicyclic) bond motifs is 4. The summed E-state index contributed by atoms with van der Waals surface area (Å²) >= 11 is 6.29. The van der Waals surface area contributed by atoms with Crippen LogP contribution < -0.4 is 14.9 Å². The van der Waals surface area contributed by atoms with E-state index >= 15 is 0 Å². The highest BCUT2D eigenvalue weighted by molar-refractivity contribution is 6.30. The molecule has 0 spiro atoms. The average molecular weight is 688 g/mol. The first-order valence-electron chi connectivity index (χ1n) is 15.6. The number of methoxy groups -OCH3 is 2. The Kier molecular flexibility index (Phi) is 7.95. The zero-order valence-corrected chi connectivity index (χ0v) is 27.1. The number of hydrogen-bond donors (Lipinski definition) is 3. The van der Waals surface area contributed by atoms with Crippen molar-refractivity contribution in [3.05, 3.63) is 100 Å². The van der Waals surface area contributed by atoms with E-state index < -0.39 is 64.5 Å². The van der Waals surface area contributed by atoms with Crippen molar-refractivity contribution in [2.75, 3.05) is 19.6 Å². The van der Waals surface area contributed by atoms with Crippen LogP contribution in [0.5, 0.6) is 17.2 Å². The summed E-state index contributed by atoms with van der Waals surface area (Å²) in [7, 11) is 2.79. The highest BCUT2D eigenvalue weighted by Crippen LogP contribution is 2.61. The maximum absolute atomic E-state index is 15.0. The Balaban J connectivity index is 1.44. The fourth-order valence-corrected chi connectivity index (χ4v) is 8.23.